The summed E-state index contributed by atoms with van der Waals surface area (Å²) in [5, 5.41) is 0.497. The minimum atomic E-state index is -0.744. The van der Waals surface area contributed by atoms with Crippen LogP contribution in [0.5, 0.6) is 0 Å². The maximum atomic E-state index is 12.5. The first-order chi connectivity index (χ1) is 14.5. The lowest BCUT2D eigenvalue weighted by molar-refractivity contribution is -0.170. The summed E-state index contributed by atoms with van der Waals surface area (Å²) in [5.41, 5.74) is 2.06. The summed E-state index contributed by atoms with van der Waals surface area (Å²) >= 11 is 0. The van der Waals surface area contributed by atoms with Gasteiger partial charge in [0.1, 0.15) is 0 Å². The van der Waals surface area contributed by atoms with Crippen LogP contribution in [0.2, 0.25) is 0 Å². The second kappa shape index (κ2) is 7.75. The molecule has 3 aromatic carbocycles. The minimum absolute atomic E-state index is 0.122. The average molecular weight is 399 g/mol. The summed E-state index contributed by atoms with van der Waals surface area (Å²) < 4.78 is 0. The van der Waals surface area contributed by atoms with Gasteiger partial charge in [-0.15, -0.1) is 0 Å². The van der Waals surface area contributed by atoms with E-state index in [2.05, 4.69) is 0 Å². The molecule has 0 N–H and O–H groups in total. The van der Waals surface area contributed by atoms with Crippen molar-refractivity contribution >= 4 is 23.6 Å². The molecule has 0 radical (unpaired) electrons. The minimum Gasteiger partial charge on any atom is -0.329 e. The van der Waals surface area contributed by atoms with Crippen LogP contribution < -0.4 is 0 Å². The molecule has 3 aromatic rings. The van der Waals surface area contributed by atoms with E-state index in [1.54, 1.807) is 67.6 Å². The molecule has 1 aliphatic rings. The van der Waals surface area contributed by atoms with Gasteiger partial charge in [0.2, 0.25) is 0 Å². The molecule has 0 saturated carbocycles. The van der Waals surface area contributed by atoms with Gasteiger partial charge in [0.15, 0.2) is 5.78 Å². The van der Waals surface area contributed by atoms with Crippen molar-refractivity contribution in [1.82, 2.24) is 5.06 Å². The van der Waals surface area contributed by atoms with E-state index >= 15 is 0 Å². The number of ketones is 1. The number of hydrogen-bond acceptors (Lipinski definition) is 5. The lowest BCUT2D eigenvalue weighted by Gasteiger charge is -2.16. The SMILES string of the molecule is CC(C(=O)ON1C(=O)c2ccccc2C1=O)c1ccc(C(=O)c2ccccc2)cc1. The van der Waals surface area contributed by atoms with Crippen LogP contribution in [0.15, 0.2) is 78.9 Å². The number of carbonyl (C=O) groups excluding carboxylic acids is 4. The molecule has 0 bridgehead atoms. The summed E-state index contributed by atoms with van der Waals surface area (Å²) in [6, 6.07) is 21.8. The van der Waals surface area contributed by atoms with E-state index in [0.717, 1.165) is 0 Å². The van der Waals surface area contributed by atoms with Crippen LogP contribution in [0.25, 0.3) is 0 Å². The first-order valence-corrected chi connectivity index (χ1v) is 9.36. The van der Waals surface area contributed by atoms with Crippen LogP contribution in [0, 0.1) is 0 Å². The van der Waals surface area contributed by atoms with E-state index in [9.17, 15) is 19.2 Å². The Hall–Kier alpha value is -4.06. The molecular formula is C24H17NO5. The number of hydrogen-bond donors (Lipinski definition) is 0. The lowest BCUT2D eigenvalue weighted by atomic mass is 9.97. The first kappa shape index (κ1) is 19.3. The number of fused-ring (bicyclic) bond motifs is 1. The lowest BCUT2D eigenvalue weighted by Crippen LogP contribution is -2.34. The summed E-state index contributed by atoms with van der Waals surface area (Å²) in [6.45, 7) is 1.61. The van der Waals surface area contributed by atoms with Gasteiger partial charge in [-0.05, 0) is 24.6 Å². The number of benzene rings is 3. The van der Waals surface area contributed by atoms with Gasteiger partial charge >= 0.3 is 5.97 Å². The standard InChI is InChI=1S/C24H17NO5/c1-15(16-11-13-18(14-12-16)21(26)17-7-3-2-4-8-17)24(29)30-25-22(27)19-9-5-6-10-20(19)23(25)28/h2-15H,1H3. The quantitative estimate of drug-likeness (QED) is 0.482. The molecular weight excluding hydrogens is 382 g/mol. The van der Waals surface area contributed by atoms with Gasteiger partial charge in [0.25, 0.3) is 11.8 Å². The topological polar surface area (TPSA) is 80.8 Å². The van der Waals surface area contributed by atoms with Crippen LogP contribution in [0.4, 0.5) is 0 Å². The molecule has 6 heteroatoms. The Morgan fingerprint density at radius 1 is 0.733 bits per heavy atom. The zero-order chi connectivity index (χ0) is 21.3. The maximum Gasteiger partial charge on any atom is 0.340 e. The van der Waals surface area contributed by atoms with Crippen molar-refractivity contribution in [2.24, 2.45) is 0 Å². The highest BCUT2D eigenvalue weighted by atomic mass is 16.7. The molecule has 30 heavy (non-hydrogen) atoms. The van der Waals surface area contributed by atoms with Crippen molar-refractivity contribution < 1.29 is 24.0 Å². The van der Waals surface area contributed by atoms with Crippen molar-refractivity contribution in [3.63, 3.8) is 0 Å². The van der Waals surface area contributed by atoms with Crippen molar-refractivity contribution in [3.05, 3.63) is 107 Å². The maximum absolute atomic E-state index is 12.5. The van der Waals surface area contributed by atoms with Crippen LogP contribution in [0.1, 0.15) is 55.0 Å². The van der Waals surface area contributed by atoms with Crippen molar-refractivity contribution in [2.75, 3.05) is 0 Å². The molecule has 0 aliphatic carbocycles. The zero-order valence-corrected chi connectivity index (χ0v) is 16.1. The van der Waals surface area contributed by atoms with Gasteiger partial charge in [0.05, 0.1) is 17.0 Å². The number of rotatable bonds is 5. The molecule has 0 spiro atoms. The van der Waals surface area contributed by atoms with Crippen molar-refractivity contribution in [2.45, 2.75) is 12.8 Å². The molecule has 1 aliphatic heterocycles. The normalized spacial score (nSPS) is 13.7. The highest BCUT2D eigenvalue weighted by Gasteiger charge is 2.39. The number of imide groups is 1. The average Bonchev–Trinajstić information content (AvgIpc) is 3.04. The van der Waals surface area contributed by atoms with Gasteiger partial charge in [-0.1, -0.05) is 71.8 Å². The van der Waals surface area contributed by atoms with Crippen LogP contribution in [-0.2, 0) is 9.63 Å². The molecule has 1 unspecified atom stereocenters. The van der Waals surface area contributed by atoms with Crippen LogP contribution in [0.3, 0.4) is 0 Å². The van der Waals surface area contributed by atoms with E-state index in [0.29, 0.717) is 21.8 Å². The van der Waals surface area contributed by atoms with Crippen LogP contribution in [-0.4, -0.2) is 28.6 Å². The van der Waals surface area contributed by atoms with Crippen LogP contribution >= 0.6 is 0 Å². The Morgan fingerprint density at radius 2 is 1.23 bits per heavy atom. The van der Waals surface area contributed by atoms with Gasteiger partial charge in [-0.2, -0.15) is 0 Å². The molecule has 148 valence electrons. The highest BCUT2D eigenvalue weighted by molar-refractivity contribution is 6.21. The van der Waals surface area contributed by atoms with Gasteiger partial charge in [-0.3, -0.25) is 14.4 Å². The number of hydroxylamine groups is 2. The summed E-state index contributed by atoms with van der Waals surface area (Å²) in [5.74, 6) is -2.94. The largest absolute Gasteiger partial charge is 0.340 e. The molecule has 0 aromatic heterocycles. The number of nitrogens with zero attached hydrogens (tertiary/aromatic N) is 1. The third-order valence-corrected chi connectivity index (χ3v) is 5.00. The summed E-state index contributed by atoms with van der Waals surface area (Å²) in [4.78, 5) is 54.8. The van der Waals surface area contributed by atoms with Gasteiger partial charge in [0, 0.05) is 11.1 Å². The van der Waals surface area contributed by atoms with Gasteiger partial charge < -0.3 is 4.84 Å². The van der Waals surface area contributed by atoms with E-state index in [4.69, 9.17) is 4.84 Å². The Morgan fingerprint density at radius 3 is 1.80 bits per heavy atom. The highest BCUT2D eigenvalue weighted by Crippen LogP contribution is 2.25. The fraction of sp³-hybridized carbons (Fsp3) is 0.0833. The summed E-state index contributed by atoms with van der Waals surface area (Å²) in [6.07, 6.45) is 0. The second-order valence-electron chi connectivity index (χ2n) is 6.90. The predicted molar refractivity (Wildman–Crippen MR) is 108 cm³/mol. The number of amides is 2. The second-order valence-corrected chi connectivity index (χ2v) is 6.90. The fourth-order valence-electron chi connectivity index (χ4n) is 3.23. The van der Waals surface area contributed by atoms with E-state index in [-0.39, 0.29) is 16.9 Å². The predicted octanol–water partition coefficient (Wildman–Crippen LogP) is 3.78. The smallest absolute Gasteiger partial charge is 0.329 e. The number of carbonyl (C=O) groups is 4. The molecule has 2 amide bonds. The van der Waals surface area contributed by atoms with Crippen molar-refractivity contribution in [1.29, 1.82) is 0 Å². The zero-order valence-electron chi connectivity index (χ0n) is 16.1. The van der Waals surface area contributed by atoms with E-state index < -0.39 is 23.7 Å². The third kappa shape index (κ3) is 3.39. The Balaban J connectivity index is 1.47. The third-order valence-electron chi connectivity index (χ3n) is 5.00. The Kier molecular flexibility index (Phi) is 4.98. The Labute approximate surface area is 172 Å². The van der Waals surface area contributed by atoms with Gasteiger partial charge in [-0.25, -0.2) is 4.79 Å². The first-order valence-electron chi connectivity index (χ1n) is 9.36. The fourth-order valence-corrected chi connectivity index (χ4v) is 3.23. The molecule has 0 fully saturated rings. The molecule has 1 atom stereocenters. The summed E-state index contributed by atoms with van der Waals surface area (Å²) in [7, 11) is 0. The molecule has 4 rings (SSSR count). The van der Waals surface area contributed by atoms with Crippen molar-refractivity contribution in [3.8, 4) is 0 Å². The molecule has 6 nitrogen and oxygen atoms in total. The molecule has 0 saturated heterocycles. The monoisotopic (exact) mass is 399 g/mol. The van der Waals surface area contributed by atoms with E-state index in [1.807, 2.05) is 6.07 Å². The Bertz CT molecular complexity index is 1120. The molecule has 1 heterocycles. The van der Waals surface area contributed by atoms with E-state index in [1.165, 1.54) is 12.1 Å².